The van der Waals surface area contributed by atoms with E-state index in [0.717, 1.165) is 18.4 Å². The van der Waals surface area contributed by atoms with Gasteiger partial charge >= 0.3 is 5.97 Å². The van der Waals surface area contributed by atoms with Gasteiger partial charge in [-0.15, -0.1) is 0 Å². The number of hydrogen-bond donors (Lipinski definition) is 2. The van der Waals surface area contributed by atoms with Crippen molar-refractivity contribution in [1.82, 2.24) is 10.2 Å². The van der Waals surface area contributed by atoms with Gasteiger partial charge in [-0.05, 0) is 49.3 Å². The highest BCUT2D eigenvalue weighted by Crippen LogP contribution is 2.40. The first kappa shape index (κ1) is 16.5. The van der Waals surface area contributed by atoms with E-state index in [1.54, 1.807) is 13.1 Å². The Balaban J connectivity index is 1.84. The van der Waals surface area contributed by atoms with Crippen LogP contribution in [0.25, 0.3) is 0 Å². The summed E-state index contributed by atoms with van der Waals surface area (Å²) in [5, 5.41) is 12.0. The molecule has 1 aromatic carbocycles. The first-order valence-corrected chi connectivity index (χ1v) is 8.36. The van der Waals surface area contributed by atoms with Gasteiger partial charge in [0.1, 0.15) is 6.04 Å². The Morgan fingerprint density at radius 1 is 1.17 bits per heavy atom. The molecule has 6 nitrogen and oxygen atoms in total. The van der Waals surface area contributed by atoms with E-state index >= 15 is 0 Å². The van der Waals surface area contributed by atoms with E-state index < -0.39 is 12.0 Å². The molecule has 2 atom stereocenters. The van der Waals surface area contributed by atoms with Crippen LogP contribution in [0.4, 0.5) is 0 Å². The summed E-state index contributed by atoms with van der Waals surface area (Å²) in [7, 11) is 1.55. The maximum absolute atomic E-state index is 12.9. The second kappa shape index (κ2) is 6.63. The number of carbonyl (C=O) groups is 3. The number of nitrogens with zero attached hydrogens (tertiary/aromatic N) is 1. The van der Waals surface area contributed by atoms with Crippen molar-refractivity contribution in [2.75, 3.05) is 13.6 Å². The standard InChI is InChI=1S/C18H22N2O4/c1-19-16(21)14-7-8-15(18(23)24)20(10-14)17(22)13-4-2-3-12(9-13)11-5-6-11/h2-4,9,11,14-15H,5-8,10H2,1H3,(H,19,21)(H,23,24)/t14-,15-/m0/s1. The molecule has 3 rings (SSSR count). The molecule has 1 heterocycles. The first-order valence-electron chi connectivity index (χ1n) is 8.36. The summed E-state index contributed by atoms with van der Waals surface area (Å²) in [6.07, 6.45) is 3.04. The fraction of sp³-hybridized carbons (Fsp3) is 0.500. The zero-order valence-corrected chi connectivity index (χ0v) is 13.7. The van der Waals surface area contributed by atoms with Crippen LogP contribution in [0.5, 0.6) is 0 Å². The zero-order chi connectivity index (χ0) is 17.3. The number of amides is 2. The summed E-state index contributed by atoms with van der Waals surface area (Å²) >= 11 is 0. The lowest BCUT2D eigenvalue weighted by atomic mass is 9.91. The van der Waals surface area contributed by atoms with Gasteiger partial charge in [0, 0.05) is 19.2 Å². The molecule has 0 radical (unpaired) electrons. The third kappa shape index (κ3) is 3.27. The first-order chi connectivity index (χ1) is 11.5. The number of benzene rings is 1. The van der Waals surface area contributed by atoms with E-state index in [0.29, 0.717) is 24.3 Å². The number of carbonyl (C=O) groups excluding carboxylic acids is 2. The average Bonchev–Trinajstić information content (AvgIpc) is 3.45. The van der Waals surface area contributed by atoms with Gasteiger partial charge in [0.25, 0.3) is 5.91 Å². The molecule has 1 saturated heterocycles. The molecule has 6 heteroatoms. The number of hydrogen-bond acceptors (Lipinski definition) is 3. The van der Waals surface area contributed by atoms with Gasteiger partial charge in [0.05, 0.1) is 5.92 Å². The molecule has 1 aliphatic heterocycles. The monoisotopic (exact) mass is 330 g/mol. The second-order valence-electron chi connectivity index (χ2n) is 6.60. The van der Waals surface area contributed by atoms with Crippen LogP contribution in [-0.4, -0.2) is 47.4 Å². The van der Waals surface area contributed by atoms with Crippen molar-refractivity contribution < 1.29 is 19.5 Å². The number of nitrogens with one attached hydrogen (secondary N) is 1. The Labute approximate surface area is 140 Å². The van der Waals surface area contributed by atoms with Crippen LogP contribution in [0.2, 0.25) is 0 Å². The van der Waals surface area contributed by atoms with Crippen molar-refractivity contribution >= 4 is 17.8 Å². The number of likely N-dealkylation sites (tertiary alicyclic amines) is 1. The molecular formula is C18H22N2O4. The summed E-state index contributed by atoms with van der Waals surface area (Å²) in [5.74, 6) is -1.31. The number of rotatable bonds is 4. The van der Waals surface area contributed by atoms with Crippen LogP contribution < -0.4 is 5.32 Å². The fourth-order valence-electron chi connectivity index (χ4n) is 3.38. The molecule has 2 aliphatic rings. The van der Waals surface area contributed by atoms with Crippen molar-refractivity contribution in [2.24, 2.45) is 5.92 Å². The molecule has 128 valence electrons. The largest absolute Gasteiger partial charge is 0.480 e. The van der Waals surface area contributed by atoms with Gasteiger partial charge in [-0.3, -0.25) is 9.59 Å². The molecule has 1 saturated carbocycles. The molecule has 2 amide bonds. The lowest BCUT2D eigenvalue weighted by Gasteiger charge is -2.36. The number of carboxylic acids is 1. The van der Waals surface area contributed by atoms with Gasteiger partial charge < -0.3 is 15.3 Å². The maximum Gasteiger partial charge on any atom is 0.326 e. The van der Waals surface area contributed by atoms with Gasteiger partial charge in [0.15, 0.2) is 0 Å². The molecule has 0 aromatic heterocycles. The molecular weight excluding hydrogens is 308 g/mol. The minimum atomic E-state index is -1.02. The Morgan fingerprint density at radius 2 is 1.92 bits per heavy atom. The van der Waals surface area contributed by atoms with Gasteiger partial charge in [-0.2, -0.15) is 0 Å². The smallest absolute Gasteiger partial charge is 0.326 e. The van der Waals surface area contributed by atoms with E-state index in [1.165, 1.54) is 4.90 Å². The second-order valence-corrected chi connectivity index (χ2v) is 6.60. The maximum atomic E-state index is 12.9. The molecule has 1 aromatic rings. The normalized spacial score (nSPS) is 23.6. The van der Waals surface area contributed by atoms with Crippen LogP contribution in [0.1, 0.15) is 47.5 Å². The highest BCUT2D eigenvalue weighted by molar-refractivity contribution is 5.97. The third-order valence-electron chi connectivity index (χ3n) is 4.93. The Kier molecular flexibility index (Phi) is 4.55. The summed E-state index contributed by atoms with van der Waals surface area (Å²) in [5.41, 5.74) is 1.63. The minimum absolute atomic E-state index is 0.142. The molecule has 2 fully saturated rings. The summed E-state index contributed by atoms with van der Waals surface area (Å²) in [6, 6.07) is 6.56. The van der Waals surface area contributed by atoms with Gasteiger partial charge in [-0.1, -0.05) is 12.1 Å². The molecule has 1 aliphatic carbocycles. The summed E-state index contributed by atoms with van der Waals surface area (Å²) < 4.78 is 0. The minimum Gasteiger partial charge on any atom is -0.480 e. The van der Waals surface area contributed by atoms with Gasteiger partial charge in [0.2, 0.25) is 5.91 Å². The Morgan fingerprint density at radius 3 is 2.54 bits per heavy atom. The van der Waals surface area contributed by atoms with Crippen LogP contribution in [0, 0.1) is 5.92 Å². The average molecular weight is 330 g/mol. The molecule has 0 bridgehead atoms. The molecule has 0 spiro atoms. The van der Waals surface area contributed by atoms with Crippen molar-refractivity contribution in [2.45, 2.75) is 37.6 Å². The highest BCUT2D eigenvalue weighted by Gasteiger charge is 2.38. The van der Waals surface area contributed by atoms with E-state index in [4.69, 9.17) is 0 Å². The number of carboxylic acid groups (broad SMARTS) is 1. The van der Waals surface area contributed by atoms with Crippen LogP contribution in [-0.2, 0) is 9.59 Å². The number of aliphatic carboxylic acids is 1. The number of piperidine rings is 1. The Hall–Kier alpha value is -2.37. The van der Waals surface area contributed by atoms with Crippen LogP contribution in [0.3, 0.4) is 0 Å². The topological polar surface area (TPSA) is 86.7 Å². The van der Waals surface area contributed by atoms with E-state index in [2.05, 4.69) is 5.32 Å². The molecule has 0 unspecified atom stereocenters. The lowest BCUT2D eigenvalue weighted by Crippen LogP contribution is -2.53. The van der Waals surface area contributed by atoms with Crippen molar-refractivity contribution in [3.63, 3.8) is 0 Å². The molecule has 2 N–H and O–H groups in total. The SMILES string of the molecule is CNC(=O)[C@H]1CC[C@@H](C(=O)O)N(C(=O)c2cccc(C3CC3)c2)C1. The van der Waals surface area contributed by atoms with E-state index in [1.807, 2.05) is 18.2 Å². The lowest BCUT2D eigenvalue weighted by molar-refractivity contribution is -0.145. The Bertz CT molecular complexity index is 669. The summed E-state index contributed by atoms with van der Waals surface area (Å²) in [6.45, 7) is 0.142. The van der Waals surface area contributed by atoms with E-state index in [9.17, 15) is 19.5 Å². The zero-order valence-electron chi connectivity index (χ0n) is 13.7. The van der Waals surface area contributed by atoms with Gasteiger partial charge in [-0.25, -0.2) is 4.79 Å². The van der Waals surface area contributed by atoms with Crippen molar-refractivity contribution in [1.29, 1.82) is 0 Å². The molecule has 24 heavy (non-hydrogen) atoms. The predicted octanol–water partition coefficient (Wildman–Crippen LogP) is 1.62. The summed E-state index contributed by atoms with van der Waals surface area (Å²) in [4.78, 5) is 37.7. The fourth-order valence-corrected chi connectivity index (χ4v) is 3.38. The van der Waals surface area contributed by atoms with Crippen molar-refractivity contribution in [3.05, 3.63) is 35.4 Å². The predicted molar refractivity (Wildman–Crippen MR) is 87.7 cm³/mol. The van der Waals surface area contributed by atoms with Crippen molar-refractivity contribution in [3.8, 4) is 0 Å². The quantitative estimate of drug-likeness (QED) is 0.878. The van der Waals surface area contributed by atoms with Crippen LogP contribution in [0.15, 0.2) is 24.3 Å². The van der Waals surface area contributed by atoms with E-state index in [-0.39, 0.29) is 24.3 Å². The third-order valence-corrected chi connectivity index (χ3v) is 4.93. The highest BCUT2D eigenvalue weighted by atomic mass is 16.4. The van der Waals surface area contributed by atoms with Crippen LogP contribution >= 0.6 is 0 Å².